The van der Waals surface area contributed by atoms with Crippen molar-refractivity contribution in [1.82, 2.24) is 15.1 Å². The van der Waals surface area contributed by atoms with Gasteiger partial charge < -0.3 is 10.1 Å². The van der Waals surface area contributed by atoms with Gasteiger partial charge in [-0.3, -0.25) is 4.68 Å². The van der Waals surface area contributed by atoms with Crippen molar-refractivity contribution >= 4 is 0 Å². The molecule has 1 saturated heterocycles. The van der Waals surface area contributed by atoms with Gasteiger partial charge in [-0.1, -0.05) is 6.92 Å². The van der Waals surface area contributed by atoms with Gasteiger partial charge in [-0.2, -0.15) is 5.10 Å². The van der Waals surface area contributed by atoms with Crippen LogP contribution in [0.2, 0.25) is 0 Å². The summed E-state index contributed by atoms with van der Waals surface area (Å²) >= 11 is 0. The molecule has 0 aliphatic carbocycles. The first-order valence-corrected chi connectivity index (χ1v) is 7.01. The van der Waals surface area contributed by atoms with Crippen LogP contribution in [0.3, 0.4) is 0 Å². The highest BCUT2D eigenvalue weighted by atomic mass is 16.5. The van der Waals surface area contributed by atoms with Gasteiger partial charge in [0.2, 0.25) is 0 Å². The molecule has 0 amide bonds. The summed E-state index contributed by atoms with van der Waals surface area (Å²) in [6.45, 7) is 8.04. The second-order valence-electron chi connectivity index (χ2n) is 5.31. The molecule has 0 aromatic carbocycles. The summed E-state index contributed by atoms with van der Waals surface area (Å²) in [6, 6.07) is 2.26. The molecule has 1 aromatic heterocycles. The van der Waals surface area contributed by atoms with Crippen LogP contribution >= 0.6 is 0 Å². The van der Waals surface area contributed by atoms with E-state index in [9.17, 15) is 0 Å². The summed E-state index contributed by atoms with van der Waals surface area (Å²) in [5.74, 6) is 0. The van der Waals surface area contributed by atoms with Gasteiger partial charge in [0, 0.05) is 30.8 Å². The first kappa shape index (κ1) is 13.6. The van der Waals surface area contributed by atoms with E-state index >= 15 is 0 Å². The summed E-state index contributed by atoms with van der Waals surface area (Å²) in [6.07, 6.45) is 3.22. The molecular formula is C14H25N3O. The summed E-state index contributed by atoms with van der Waals surface area (Å²) in [4.78, 5) is 0. The van der Waals surface area contributed by atoms with Crippen molar-refractivity contribution in [3.63, 3.8) is 0 Å². The van der Waals surface area contributed by atoms with Crippen molar-refractivity contribution in [3.05, 3.63) is 17.5 Å². The van der Waals surface area contributed by atoms with Crippen molar-refractivity contribution in [2.75, 3.05) is 26.8 Å². The Kier molecular flexibility index (Phi) is 4.40. The molecule has 0 bridgehead atoms. The predicted octanol–water partition coefficient (Wildman–Crippen LogP) is 1.63. The van der Waals surface area contributed by atoms with Crippen LogP contribution in [0.5, 0.6) is 0 Å². The molecule has 1 aliphatic heterocycles. The first-order valence-electron chi connectivity index (χ1n) is 7.01. The number of rotatable bonds is 6. The lowest BCUT2D eigenvalue weighted by Gasteiger charge is -2.27. The first-order chi connectivity index (χ1) is 8.73. The molecule has 1 unspecified atom stereocenters. The Hall–Kier alpha value is -0.870. The van der Waals surface area contributed by atoms with Gasteiger partial charge in [0.1, 0.15) is 0 Å². The fourth-order valence-corrected chi connectivity index (χ4v) is 2.85. The van der Waals surface area contributed by atoms with E-state index < -0.39 is 0 Å². The van der Waals surface area contributed by atoms with Crippen LogP contribution in [-0.2, 0) is 24.1 Å². The summed E-state index contributed by atoms with van der Waals surface area (Å²) in [7, 11) is 2.02. The monoisotopic (exact) mass is 251 g/mol. The standard InChI is InChI=1S/C14H25N3O/c1-4-12-8-13(17(5-2)16-12)9-14(10-15-3)6-7-18-11-14/h8,15H,4-7,9-11H2,1-3H3. The average Bonchev–Trinajstić information content (AvgIpc) is 2.97. The molecule has 2 rings (SSSR count). The van der Waals surface area contributed by atoms with E-state index in [0.29, 0.717) is 0 Å². The van der Waals surface area contributed by atoms with Gasteiger partial charge in [0.05, 0.1) is 12.3 Å². The highest BCUT2D eigenvalue weighted by molar-refractivity contribution is 5.13. The van der Waals surface area contributed by atoms with E-state index in [4.69, 9.17) is 4.74 Å². The fourth-order valence-electron chi connectivity index (χ4n) is 2.85. The topological polar surface area (TPSA) is 39.1 Å². The summed E-state index contributed by atoms with van der Waals surface area (Å²) in [5, 5.41) is 7.96. The van der Waals surface area contributed by atoms with Gasteiger partial charge in [0.25, 0.3) is 0 Å². The van der Waals surface area contributed by atoms with Crippen molar-refractivity contribution in [2.45, 2.75) is 39.7 Å². The Balaban J connectivity index is 2.17. The lowest BCUT2D eigenvalue weighted by molar-refractivity contribution is 0.149. The second kappa shape index (κ2) is 5.85. The highest BCUT2D eigenvalue weighted by Gasteiger charge is 2.35. The maximum atomic E-state index is 5.62. The van der Waals surface area contributed by atoms with Gasteiger partial charge >= 0.3 is 0 Å². The van der Waals surface area contributed by atoms with E-state index in [-0.39, 0.29) is 5.41 Å². The van der Waals surface area contributed by atoms with E-state index in [1.165, 1.54) is 11.4 Å². The van der Waals surface area contributed by atoms with Crippen LogP contribution < -0.4 is 5.32 Å². The molecule has 0 radical (unpaired) electrons. The maximum absolute atomic E-state index is 5.62. The molecule has 4 nitrogen and oxygen atoms in total. The zero-order valence-corrected chi connectivity index (χ0v) is 11.8. The Labute approximate surface area is 110 Å². The molecule has 18 heavy (non-hydrogen) atoms. The zero-order chi connectivity index (χ0) is 13.0. The molecule has 0 saturated carbocycles. The van der Waals surface area contributed by atoms with E-state index in [0.717, 1.165) is 45.6 Å². The van der Waals surface area contributed by atoms with Crippen molar-refractivity contribution in [1.29, 1.82) is 0 Å². The Morgan fingerprint density at radius 3 is 2.89 bits per heavy atom. The molecule has 1 atom stereocenters. The van der Waals surface area contributed by atoms with E-state index in [2.05, 4.69) is 35.0 Å². The minimum absolute atomic E-state index is 0.257. The number of aryl methyl sites for hydroxylation is 2. The summed E-state index contributed by atoms with van der Waals surface area (Å²) in [5.41, 5.74) is 2.81. The van der Waals surface area contributed by atoms with Crippen LogP contribution in [0.25, 0.3) is 0 Å². The van der Waals surface area contributed by atoms with Gasteiger partial charge in [-0.15, -0.1) is 0 Å². The normalized spacial score (nSPS) is 23.7. The molecule has 1 aromatic rings. The van der Waals surface area contributed by atoms with Gasteiger partial charge in [-0.05, 0) is 39.3 Å². The number of nitrogens with one attached hydrogen (secondary N) is 1. The lowest BCUT2D eigenvalue weighted by atomic mass is 9.82. The van der Waals surface area contributed by atoms with Crippen molar-refractivity contribution < 1.29 is 4.74 Å². The Morgan fingerprint density at radius 1 is 1.50 bits per heavy atom. The van der Waals surface area contributed by atoms with E-state index in [1.807, 2.05) is 7.05 Å². The lowest BCUT2D eigenvalue weighted by Crippen LogP contribution is -2.35. The molecule has 102 valence electrons. The van der Waals surface area contributed by atoms with Crippen molar-refractivity contribution in [3.8, 4) is 0 Å². The minimum atomic E-state index is 0.257. The molecule has 1 N–H and O–H groups in total. The van der Waals surface area contributed by atoms with Crippen molar-refractivity contribution in [2.24, 2.45) is 5.41 Å². The second-order valence-corrected chi connectivity index (χ2v) is 5.31. The average molecular weight is 251 g/mol. The highest BCUT2D eigenvalue weighted by Crippen LogP contribution is 2.32. The third kappa shape index (κ3) is 2.75. The number of aromatic nitrogens is 2. The quantitative estimate of drug-likeness (QED) is 0.835. The third-order valence-corrected chi connectivity index (χ3v) is 3.87. The smallest absolute Gasteiger partial charge is 0.0624 e. The Bertz CT molecular complexity index is 380. The SMILES string of the molecule is CCc1cc(CC2(CNC)CCOC2)n(CC)n1. The number of hydrogen-bond acceptors (Lipinski definition) is 3. The third-order valence-electron chi connectivity index (χ3n) is 3.87. The number of hydrogen-bond donors (Lipinski definition) is 1. The maximum Gasteiger partial charge on any atom is 0.0624 e. The minimum Gasteiger partial charge on any atom is -0.381 e. The molecular weight excluding hydrogens is 226 g/mol. The summed E-state index contributed by atoms with van der Waals surface area (Å²) < 4.78 is 7.77. The van der Waals surface area contributed by atoms with Gasteiger partial charge in [0.15, 0.2) is 0 Å². The number of ether oxygens (including phenoxy) is 1. The largest absolute Gasteiger partial charge is 0.381 e. The molecule has 2 heterocycles. The van der Waals surface area contributed by atoms with Crippen LogP contribution in [-0.4, -0.2) is 36.6 Å². The van der Waals surface area contributed by atoms with E-state index in [1.54, 1.807) is 0 Å². The van der Waals surface area contributed by atoms with Crippen LogP contribution in [0.15, 0.2) is 6.07 Å². The van der Waals surface area contributed by atoms with Crippen LogP contribution in [0.1, 0.15) is 31.7 Å². The fraction of sp³-hybridized carbons (Fsp3) is 0.786. The molecule has 1 fully saturated rings. The van der Waals surface area contributed by atoms with Gasteiger partial charge in [-0.25, -0.2) is 0 Å². The molecule has 4 heteroatoms. The zero-order valence-electron chi connectivity index (χ0n) is 11.8. The van der Waals surface area contributed by atoms with Crippen LogP contribution in [0.4, 0.5) is 0 Å². The molecule has 0 spiro atoms. The van der Waals surface area contributed by atoms with Crippen LogP contribution in [0, 0.1) is 5.41 Å². The predicted molar refractivity (Wildman–Crippen MR) is 72.8 cm³/mol. The Morgan fingerprint density at radius 2 is 2.33 bits per heavy atom. The number of nitrogens with zero attached hydrogens (tertiary/aromatic N) is 2. The molecule has 1 aliphatic rings.